The second-order valence-electron chi connectivity index (χ2n) is 6.29. The van der Waals surface area contributed by atoms with Crippen molar-refractivity contribution in [1.29, 1.82) is 0 Å². The highest BCUT2D eigenvalue weighted by Gasteiger charge is 2.17. The maximum Gasteiger partial charge on any atom is 0.317 e. The topological polar surface area (TPSA) is 89.9 Å². The van der Waals surface area contributed by atoms with E-state index in [-0.39, 0.29) is 24.2 Å². The first-order chi connectivity index (χ1) is 12.4. The Hall–Kier alpha value is -3.02. The Labute approximate surface area is 153 Å². The van der Waals surface area contributed by atoms with E-state index >= 15 is 0 Å². The third kappa shape index (κ3) is 6.47. The number of aliphatic carboxylic acids is 1. The van der Waals surface area contributed by atoms with E-state index in [0.29, 0.717) is 19.4 Å². The molecule has 1 atom stereocenters. The lowest BCUT2D eigenvalue weighted by Crippen LogP contribution is -2.44. The number of hydrogen-bond donors (Lipinski definition) is 3. The van der Waals surface area contributed by atoms with Gasteiger partial charge in [0.05, 0.1) is 0 Å². The Balaban J connectivity index is 1.96. The molecule has 2 amide bonds. The van der Waals surface area contributed by atoms with Crippen molar-refractivity contribution >= 4 is 12.0 Å². The SMILES string of the molecule is CN(Cc1ccc(O)cc1)C(=O)NC(CCC(=O)O)Cc1ccccc1. The van der Waals surface area contributed by atoms with Crippen LogP contribution in [-0.2, 0) is 17.8 Å². The first-order valence-corrected chi connectivity index (χ1v) is 8.49. The maximum atomic E-state index is 12.5. The minimum Gasteiger partial charge on any atom is -0.508 e. The fourth-order valence-corrected chi connectivity index (χ4v) is 2.65. The number of benzene rings is 2. The smallest absolute Gasteiger partial charge is 0.317 e. The Morgan fingerprint density at radius 1 is 1.04 bits per heavy atom. The van der Waals surface area contributed by atoms with E-state index in [1.807, 2.05) is 30.3 Å². The van der Waals surface area contributed by atoms with E-state index < -0.39 is 5.97 Å². The van der Waals surface area contributed by atoms with Crippen LogP contribution in [0.4, 0.5) is 4.79 Å². The lowest BCUT2D eigenvalue weighted by Gasteiger charge is -2.23. The molecule has 2 rings (SSSR count). The van der Waals surface area contributed by atoms with Crippen LogP contribution in [-0.4, -0.2) is 40.2 Å². The summed E-state index contributed by atoms with van der Waals surface area (Å²) in [6.07, 6.45) is 0.940. The second kappa shape index (κ2) is 9.46. The Morgan fingerprint density at radius 2 is 1.69 bits per heavy atom. The van der Waals surface area contributed by atoms with Crippen molar-refractivity contribution in [1.82, 2.24) is 10.2 Å². The van der Waals surface area contributed by atoms with Gasteiger partial charge in [-0.1, -0.05) is 42.5 Å². The van der Waals surface area contributed by atoms with E-state index in [2.05, 4.69) is 5.32 Å². The van der Waals surface area contributed by atoms with Crippen LogP contribution in [0, 0.1) is 0 Å². The molecule has 3 N–H and O–H groups in total. The van der Waals surface area contributed by atoms with Gasteiger partial charge in [0.2, 0.25) is 0 Å². The lowest BCUT2D eigenvalue weighted by molar-refractivity contribution is -0.137. The number of amides is 2. The quantitative estimate of drug-likeness (QED) is 0.678. The number of rotatable bonds is 8. The summed E-state index contributed by atoms with van der Waals surface area (Å²) in [4.78, 5) is 24.9. The largest absolute Gasteiger partial charge is 0.508 e. The zero-order chi connectivity index (χ0) is 18.9. The number of carbonyl (C=O) groups is 2. The van der Waals surface area contributed by atoms with Gasteiger partial charge < -0.3 is 20.4 Å². The average Bonchev–Trinajstić information content (AvgIpc) is 2.62. The van der Waals surface area contributed by atoms with E-state index in [1.54, 1.807) is 31.3 Å². The van der Waals surface area contributed by atoms with Gasteiger partial charge in [-0.25, -0.2) is 4.79 Å². The highest BCUT2D eigenvalue weighted by molar-refractivity contribution is 5.74. The minimum atomic E-state index is -0.880. The number of carboxylic acid groups (broad SMARTS) is 1. The third-order valence-electron chi connectivity index (χ3n) is 4.06. The molecule has 138 valence electrons. The summed E-state index contributed by atoms with van der Waals surface area (Å²) in [5.41, 5.74) is 1.94. The van der Waals surface area contributed by atoms with Gasteiger partial charge in [0.1, 0.15) is 5.75 Å². The number of phenolic OH excluding ortho intramolecular Hbond substituents is 1. The number of nitrogens with one attached hydrogen (secondary N) is 1. The molecule has 0 aliphatic heterocycles. The molecule has 0 bridgehead atoms. The highest BCUT2D eigenvalue weighted by atomic mass is 16.4. The van der Waals surface area contributed by atoms with E-state index in [1.165, 1.54) is 4.90 Å². The first kappa shape index (κ1) is 19.3. The second-order valence-corrected chi connectivity index (χ2v) is 6.29. The van der Waals surface area contributed by atoms with Gasteiger partial charge in [-0.2, -0.15) is 0 Å². The third-order valence-corrected chi connectivity index (χ3v) is 4.06. The van der Waals surface area contributed by atoms with Crippen molar-refractivity contribution in [2.75, 3.05) is 7.05 Å². The lowest BCUT2D eigenvalue weighted by atomic mass is 10.0. The normalized spacial score (nSPS) is 11.6. The summed E-state index contributed by atoms with van der Waals surface area (Å²) in [7, 11) is 1.68. The Morgan fingerprint density at radius 3 is 2.31 bits per heavy atom. The molecular formula is C20H24N2O4. The summed E-state index contributed by atoms with van der Waals surface area (Å²) in [6.45, 7) is 0.392. The molecule has 2 aromatic carbocycles. The fraction of sp³-hybridized carbons (Fsp3) is 0.300. The van der Waals surface area contributed by atoms with Crippen LogP contribution >= 0.6 is 0 Å². The molecule has 6 nitrogen and oxygen atoms in total. The molecule has 0 aliphatic carbocycles. The molecule has 26 heavy (non-hydrogen) atoms. The van der Waals surface area contributed by atoms with Crippen LogP contribution in [0.5, 0.6) is 5.75 Å². The van der Waals surface area contributed by atoms with Crippen LogP contribution in [0.15, 0.2) is 54.6 Å². The molecule has 0 fully saturated rings. The van der Waals surface area contributed by atoms with Gasteiger partial charge in [0.25, 0.3) is 0 Å². The molecule has 2 aromatic rings. The van der Waals surface area contributed by atoms with Crippen molar-refractivity contribution in [2.45, 2.75) is 31.8 Å². The molecule has 6 heteroatoms. The summed E-state index contributed by atoms with van der Waals surface area (Å²) in [5.74, 6) is -0.702. The maximum absolute atomic E-state index is 12.5. The Kier molecular flexibility index (Phi) is 7.02. The molecular weight excluding hydrogens is 332 g/mol. The van der Waals surface area contributed by atoms with E-state index in [0.717, 1.165) is 11.1 Å². The van der Waals surface area contributed by atoms with E-state index in [4.69, 9.17) is 5.11 Å². The summed E-state index contributed by atoms with van der Waals surface area (Å²) >= 11 is 0. The molecule has 0 saturated heterocycles. The van der Waals surface area contributed by atoms with Crippen molar-refractivity contribution in [3.63, 3.8) is 0 Å². The van der Waals surface area contributed by atoms with Crippen molar-refractivity contribution in [2.24, 2.45) is 0 Å². The van der Waals surface area contributed by atoms with Crippen molar-refractivity contribution in [3.8, 4) is 5.75 Å². The highest BCUT2D eigenvalue weighted by Crippen LogP contribution is 2.12. The van der Waals surface area contributed by atoms with Crippen molar-refractivity contribution in [3.05, 3.63) is 65.7 Å². The molecule has 0 aromatic heterocycles. The molecule has 0 aliphatic rings. The first-order valence-electron chi connectivity index (χ1n) is 8.49. The van der Waals surface area contributed by atoms with Gasteiger partial charge in [-0.15, -0.1) is 0 Å². The standard InChI is InChI=1S/C20H24N2O4/c1-22(14-16-7-10-18(23)11-8-16)20(26)21-17(9-12-19(24)25)13-15-5-3-2-4-6-15/h2-8,10-11,17,23H,9,12-14H2,1H3,(H,21,26)(H,24,25). The number of hydrogen-bond acceptors (Lipinski definition) is 3. The summed E-state index contributed by atoms with van der Waals surface area (Å²) in [6, 6.07) is 15.8. The molecule has 0 saturated carbocycles. The van der Waals surface area contributed by atoms with Gasteiger partial charge in [0.15, 0.2) is 0 Å². The fourth-order valence-electron chi connectivity index (χ4n) is 2.65. The number of urea groups is 1. The number of nitrogens with zero attached hydrogens (tertiary/aromatic N) is 1. The number of carbonyl (C=O) groups excluding carboxylic acids is 1. The van der Waals surface area contributed by atoms with Gasteiger partial charge in [-0.3, -0.25) is 4.79 Å². The van der Waals surface area contributed by atoms with E-state index in [9.17, 15) is 14.7 Å². The van der Waals surface area contributed by atoms with Crippen LogP contribution in [0.1, 0.15) is 24.0 Å². The van der Waals surface area contributed by atoms with Gasteiger partial charge in [0, 0.05) is 26.1 Å². The minimum absolute atomic E-state index is 0.000539. The van der Waals surface area contributed by atoms with Crippen LogP contribution in [0.3, 0.4) is 0 Å². The zero-order valence-corrected chi connectivity index (χ0v) is 14.8. The monoisotopic (exact) mass is 356 g/mol. The average molecular weight is 356 g/mol. The van der Waals surface area contributed by atoms with Gasteiger partial charge in [-0.05, 0) is 36.1 Å². The number of phenols is 1. The predicted molar refractivity (Wildman–Crippen MR) is 98.9 cm³/mol. The number of aromatic hydroxyl groups is 1. The van der Waals surface area contributed by atoms with Crippen molar-refractivity contribution < 1.29 is 19.8 Å². The number of carboxylic acids is 1. The predicted octanol–water partition coefficient (Wildman–Crippen LogP) is 3.01. The van der Waals surface area contributed by atoms with Crippen LogP contribution in [0.25, 0.3) is 0 Å². The van der Waals surface area contributed by atoms with Crippen LogP contribution < -0.4 is 5.32 Å². The molecule has 0 spiro atoms. The van der Waals surface area contributed by atoms with Crippen LogP contribution in [0.2, 0.25) is 0 Å². The van der Waals surface area contributed by atoms with Gasteiger partial charge >= 0.3 is 12.0 Å². The Bertz CT molecular complexity index is 716. The summed E-state index contributed by atoms with van der Waals surface area (Å²) < 4.78 is 0. The summed E-state index contributed by atoms with van der Waals surface area (Å²) in [5, 5.41) is 21.2. The molecule has 0 heterocycles. The zero-order valence-electron chi connectivity index (χ0n) is 14.8. The molecule has 1 unspecified atom stereocenters. The molecule has 0 radical (unpaired) electrons.